The van der Waals surface area contributed by atoms with Gasteiger partial charge in [-0.1, -0.05) is 18.2 Å². The molecule has 4 N–H and O–H groups in total. The molecular weight excluding hydrogens is 335 g/mol. The van der Waals surface area contributed by atoms with Gasteiger partial charge in [-0.3, -0.25) is 9.80 Å². The summed E-state index contributed by atoms with van der Waals surface area (Å²) in [6.45, 7) is 0. The molecule has 0 heterocycles. The molecule has 0 atom stereocenters. The lowest BCUT2D eigenvalue weighted by atomic mass is 10.0. The zero-order valence-electron chi connectivity index (χ0n) is 13.1. The maximum absolute atomic E-state index is 12.4. The number of hydrazine groups is 1. The van der Waals surface area contributed by atoms with Crippen LogP contribution < -0.4 is 16.3 Å². The van der Waals surface area contributed by atoms with Crippen LogP contribution in [0.5, 0.6) is 5.75 Å². The van der Waals surface area contributed by atoms with E-state index in [0.717, 1.165) is 12.8 Å². The van der Waals surface area contributed by atoms with E-state index < -0.39 is 6.36 Å². The molecular formula is C17H16F3N3O2. The monoisotopic (exact) mass is 351 g/mol. The molecule has 1 fully saturated rings. The van der Waals surface area contributed by atoms with Crippen LogP contribution in [-0.4, -0.2) is 23.3 Å². The SMILES string of the molecule is Nc1ccc(-c2ccc(OC(F)(F)F)cc2)cc1C(=O)N(N)C1CC1. The standard InChI is InChI=1S/C17H16F3N3O2/c18-17(19,20)25-13-6-1-10(2-7-13)11-3-8-15(21)14(9-11)16(24)23(22)12-4-5-12/h1-3,6-9,12H,4-5,21-22H2. The van der Waals surface area contributed by atoms with Gasteiger partial charge in [-0.15, -0.1) is 13.2 Å². The predicted molar refractivity (Wildman–Crippen MR) is 86.4 cm³/mol. The molecule has 0 unspecified atom stereocenters. The molecule has 1 aliphatic carbocycles. The maximum Gasteiger partial charge on any atom is 0.573 e. The molecule has 2 aromatic carbocycles. The third kappa shape index (κ3) is 4.03. The molecule has 0 bridgehead atoms. The highest BCUT2D eigenvalue weighted by atomic mass is 19.4. The Hall–Kier alpha value is -2.74. The zero-order valence-corrected chi connectivity index (χ0v) is 13.1. The van der Waals surface area contributed by atoms with Crippen LogP contribution in [0.3, 0.4) is 0 Å². The molecule has 2 aromatic rings. The van der Waals surface area contributed by atoms with E-state index in [2.05, 4.69) is 4.74 Å². The van der Waals surface area contributed by atoms with Gasteiger partial charge in [0.25, 0.3) is 5.91 Å². The topological polar surface area (TPSA) is 81.6 Å². The molecule has 0 saturated heterocycles. The van der Waals surface area contributed by atoms with Gasteiger partial charge in [0.2, 0.25) is 0 Å². The Bertz CT molecular complexity index is 787. The van der Waals surface area contributed by atoms with E-state index in [-0.39, 0.29) is 23.3 Å². The van der Waals surface area contributed by atoms with Gasteiger partial charge in [0.1, 0.15) is 5.75 Å². The molecule has 0 aliphatic heterocycles. The first kappa shape index (κ1) is 17.1. The van der Waals surface area contributed by atoms with Crippen LogP contribution in [0.1, 0.15) is 23.2 Å². The third-order valence-corrected chi connectivity index (χ3v) is 3.88. The average molecular weight is 351 g/mol. The summed E-state index contributed by atoms with van der Waals surface area (Å²) in [4.78, 5) is 12.4. The Morgan fingerprint density at radius 2 is 1.68 bits per heavy atom. The van der Waals surface area contributed by atoms with E-state index in [1.807, 2.05) is 0 Å². The minimum atomic E-state index is -4.74. The van der Waals surface area contributed by atoms with Crippen LogP contribution in [0.15, 0.2) is 42.5 Å². The predicted octanol–water partition coefficient (Wildman–Crippen LogP) is 3.31. The van der Waals surface area contributed by atoms with Gasteiger partial charge in [0, 0.05) is 11.7 Å². The summed E-state index contributed by atoms with van der Waals surface area (Å²) in [6, 6.07) is 10.2. The van der Waals surface area contributed by atoms with Crippen molar-refractivity contribution in [3.05, 3.63) is 48.0 Å². The number of halogens is 3. The summed E-state index contributed by atoms with van der Waals surface area (Å²) < 4.78 is 40.5. The lowest BCUT2D eigenvalue weighted by molar-refractivity contribution is -0.274. The second-order valence-corrected chi connectivity index (χ2v) is 5.82. The largest absolute Gasteiger partial charge is 0.573 e. The fraction of sp³-hybridized carbons (Fsp3) is 0.235. The van der Waals surface area contributed by atoms with Crippen LogP contribution in [0.25, 0.3) is 11.1 Å². The summed E-state index contributed by atoms with van der Waals surface area (Å²) in [6.07, 6.45) is -3.01. The number of hydrogen-bond donors (Lipinski definition) is 2. The van der Waals surface area contributed by atoms with Crippen molar-refractivity contribution >= 4 is 11.6 Å². The van der Waals surface area contributed by atoms with Gasteiger partial charge in [-0.05, 0) is 48.2 Å². The Labute approximate surface area is 141 Å². The molecule has 0 aromatic heterocycles. The molecule has 1 saturated carbocycles. The fourth-order valence-corrected chi connectivity index (χ4v) is 2.43. The van der Waals surface area contributed by atoms with Crippen LogP contribution in [0.4, 0.5) is 18.9 Å². The smallest absolute Gasteiger partial charge is 0.406 e. The number of nitrogens with zero attached hydrogens (tertiary/aromatic N) is 1. The summed E-state index contributed by atoms with van der Waals surface area (Å²) in [7, 11) is 0. The van der Waals surface area contributed by atoms with Crippen LogP contribution >= 0.6 is 0 Å². The van der Waals surface area contributed by atoms with Crippen molar-refractivity contribution < 1.29 is 22.7 Å². The third-order valence-electron chi connectivity index (χ3n) is 3.88. The minimum absolute atomic E-state index is 0.0364. The van der Waals surface area contributed by atoms with Crippen molar-refractivity contribution in [2.24, 2.45) is 5.84 Å². The number of carbonyl (C=O) groups is 1. The molecule has 0 spiro atoms. The van der Waals surface area contributed by atoms with Crippen molar-refractivity contribution in [1.82, 2.24) is 5.01 Å². The first-order chi connectivity index (χ1) is 11.7. The number of nitrogen functional groups attached to an aromatic ring is 1. The number of ether oxygens (including phenoxy) is 1. The molecule has 8 heteroatoms. The van der Waals surface area contributed by atoms with Gasteiger partial charge in [-0.2, -0.15) is 0 Å². The number of nitrogens with two attached hydrogens (primary N) is 2. The highest BCUT2D eigenvalue weighted by molar-refractivity contribution is 6.00. The summed E-state index contributed by atoms with van der Waals surface area (Å²) in [5.41, 5.74) is 7.69. The van der Waals surface area contributed by atoms with E-state index in [0.29, 0.717) is 16.8 Å². The quantitative estimate of drug-likeness (QED) is 0.383. The van der Waals surface area contributed by atoms with Crippen molar-refractivity contribution in [2.45, 2.75) is 25.2 Å². The highest BCUT2D eigenvalue weighted by Crippen LogP contribution is 2.30. The van der Waals surface area contributed by atoms with E-state index in [4.69, 9.17) is 11.6 Å². The van der Waals surface area contributed by atoms with Crippen molar-refractivity contribution in [3.63, 3.8) is 0 Å². The fourth-order valence-electron chi connectivity index (χ4n) is 2.43. The highest BCUT2D eigenvalue weighted by Gasteiger charge is 2.32. The summed E-state index contributed by atoms with van der Waals surface area (Å²) in [5, 5.41) is 1.18. The van der Waals surface area contributed by atoms with Gasteiger partial charge in [0.15, 0.2) is 0 Å². The maximum atomic E-state index is 12.4. The molecule has 3 rings (SSSR count). The zero-order chi connectivity index (χ0) is 18.2. The molecule has 1 amide bonds. The van der Waals surface area contributed by atoms with Crippen molar-refractivity contribution in [3.8, 4) is 16.9 Å². The van der Waals surface area contributed by atoms with Crippen molar-refractivity contribution in [2.75, 3.05) is 5.73 Å². The lowest BCUT2D eigenvalue weighted by Crippen LogP contribution is -2.39. The number of carbonyl (C=O) groups excluding carboxylic acids is 1. The Morgan fingerprint density at radius 3 is 2.24 bits per heavy atom. The Morgan fingerprint density at radius 1 is 1.08 bits per heavy atom. The second-order valence-electron chi connectivity index (χ2n) is 5.82. The first-order valence-electron chi connectivity index (χ1n) is 7.58. The molecule has 1 aliphatic rings. The number of alkyl halides is 3. The van der Waals surface area contributed by atoms with Gasteiger partial charge < -0.3 is 10.5 Å². The van der Waals surface area contributed by atoms with E-state index in [1.54, 1.807) is 18.2 Å². The molecule has 25 heavy (non-hydrogen) atoms. The van der Waals surface area contributed by atoms with E-state index in [1.165, 1.54) is 29.3 Å². The number of benzene rings is 2. The van der Waals surface area contributed by atoms with Crippen molar-refractivity contribution in [1.29, 1.82) is 0 Å². The second kappa shape index (κ2) is 6.29. The average Bonchev–Trinajstić information content (AvgIpc) is 3.38. The minimum Gasteiger partial charge on any atom is -0.406 e. The van der Waals surface area contributed by atoms with E-state index in [9.17, 15) is 18.0 Å². The number of anilines is 1. The first-order valence-corrected chi connectivity index (χ1v) is 7.58. The van der Waals surface area contributed by atoms with Gasteiger partial charge >= 0.3 is 6.36 Å². The summed E-state index contributed by atoms with van der Waals surface area (Å²) >= 11 is 0. The van der Waals surface area contributed by atoms with Crippen LogP contribution in [-0.2, 0) is 0 Å². The Balaban J connectivity index is 1.85. The van der Waals surface area contributed by atoms with Crippen LogP contribution in [0.2, 0.25) is 0 Å². The molecule has 5 nitrogen and oxygen atoms in total. The molecule has 132 valence electrons. The summed E-state index contributed by atoms with van der Waals surface area (Å²) in [5.74, 6) is 5.10. The number of amides is 1. The molecule has 0 radical (unpaired) electrons. The van der Waals surface area contributed by atoms with E-state index >= 15 is 0 Å². The normalized spacial score (nSPS) is 14.2. The Kier molecular flexibility index (Phi) is 4.30. The number of hydrogen-bond acceptors (Lipinski definition) is 4. The van der Waals surface area contributed by atoms with Gasteiger partial charge in [-0.25, -0.2) is 5.84 Å². The number of rotatable bonds is 4. The van der Waals surface area contributed by atoms with Gasteiger partial charge in [0.05, 0.1) is 5.56 Å². The lowest BCUT2D eigenvalue weighted by Gasteiger charge is -2.17. The van der Waals surface area contributed by atoms with Crippen LogP contribution in [0, 0.1) is 0 Å².